The van der Waals surface area contributed by atoms with E-state index in [1.165, 1.54) is 17.3 Å². The number of nitrogens with zero attached hydrogens (tertiary/aromatic N) is 6. The lowest BCUT2D eigenvalue weighted by atomic mass is 10.2. The molecule has 11 heteroatoms. The fraction of sp³-hybridized carbons (Fsp3) is 0.481. The number of piperazine rings is 2. The van der Waals surface area contributed by atoms with Gasteiger partial charge in [0.1, 0.15) is 11.0 Å². The Morgan fingerprint density at radius 3 is 2.58 bits per heavy atom. The number of urea groups is 1. The van der Waals surface area contributed by atoms with E-state index in [0.29, 0.717) is 49.6 Å². The van der Waals surface area contributed by atoms with Gasteiger partial charge in [-0.1, -0.05) is 65.8 Å². The van der Waals surface area contributed by atoms with Crippen LogP contribution < -0.4 is 10.2 Å². The third kappa shape index (κ3) is 7.85. The third-order valence-corrected chi connectivity index (χ3v) is 7.75. The largest absolute Gasteiger partial charge is 0.353 e. The Bertz CT molecular complexity index is 1110. The van der Waals surface area contributed by atoms with Gasteiger partial charge >= 0.3 is 6.03 Å². The zero-order valence-electron chi connectivity index (χ0n) is 22.1. The van der Waals surface area contributed by atoms with Gasteiger partial charge in [-0.2, -0.15) is 0 Å². The van der Waals surface area contributed by atoms with Gasteiger partial charge in [-0.3, -0.25) is 9.69 Å². The quantitative estimate of drug-likeness (QED) is 0.303. The van der Waals surface area contributed by atoms with E-state index in [-0.39, 0.29) is 23.7 Å². The van der Waals surface area contributed by atoms with Crippen LogP contribution in [0.2, 0.25) is 5.15 Å². The summed E-state index contributed by atoms with van der Waals surface area (Å²) in [5.41, 5.74) is 1.20. The molecule has 2 aliphatic heterocycles. The van der Waals surface area contributed by atoms with E-state index in [1.54, 1.807) is 6.07 Å². The average Bonchev–Trinajstić information content (AvgIpc) is 2.92. The van der Waals surface area contributed by atoms with E-state index in [9.17, 15) is 9.59 Å². The zero-order valence-corrected chi connectivity index (χ0v) is 23.6. The van der Waals surface area contributed by atoms with Gasteiger partial charge in [0.25, 0.3) is 0 Å². The molecular weight excluding hydrogens is 522 g/mol. The van der Waals surface area contributed by atoms with Crippen LogP contribution in [0.1, 0.15) is 19.4 Å². The summed E-state index contributed by atoms with van der Waals surface area (Å²) in [5, 5.41) is 3.71. The zero-order chi connectivity index (χ0) is 26.9. The molecular formula is C27H36ClN7O2S. The van der Waals surface area contributed by atoms with Crippen LogP contribution in [-0.2, 0) is 4.79 Å². The van der Waals surface area contributed by atoms with E-state index in [4.69, 9.17) is 11.6 Å². The highest BCUT2D eigenvalue weighted by Crippen LogP contribution is 2.24. The number of nitrogens with one attached hydrogen (secondary N) is 1. The maximum Gasteiger partial charge on any atom is 0.317 e. The van der Waals surface area contributed by atoms with Crippen molar-refractivity contribution in [2.45, 2.75) is 25.0 Å². The first-order valence-electron chi connectivity index (χ1n) is 13.1. The Morgan fingerprint density at radius 2 is 1.87 bits per heavy atom. The molecule has 3 amide bonds. The minimum absolute atomic E-state index is 0.0363. The predicted octanol–water partition coefficient (Wildman–Crippen LogP) is 3.32. The first kappa shape index (κ1) is 28.2. The maximum atomic E-state index is 12.9. The van der Waals surface area contributed by atoms with E-state index in [1.807, 2.05) is 41.8 Å². The van der Waals surface area contributed by atoms with Gasteiger partial charge in [-0.05, 0) is 19.4 Å². The fourth-order valence-corrected chi connectivity index (χ4v) is 5.62. The van der Waals surface area contributed by atoms with E-state index in [2.05, 4.69) is 49.4 Å². The highest BCUT2D eigenvalue weighted by atomic mass is 35.5. The highest BCUT2D eigenvalue weighted by molar-refractivity contribution is 7.99. The topological polar surface area (TPSA) is 84.9 Å². The second-order valence-corrected chi connectivity index (χ2v) is 10.8. The number of hydrogen-bond donors (Lipinski definition) is 1. The first-order chi connectivity index (χ1) is 18.4. The summed E-state index contributed by atoms with van der Waals surface area (Å²) < 4.78 is 0. The number of carbonyl (C=O) groups excluding carboxylic acids is 2. The molecule has 2 aliphatic rings. The molecule has 2 aromatic rings. The fourth-order valence-electron chi connectivity index (χ4n) is 4.63. The molecule has 0 radical (unpaired) electrons. The number of amides is 3. The van der Waals surface area contributed by atoms with Crippen LogP contribution in [-0.4, -0.2) is 107 Å². The third-order valence-electron chi connectivity index (χ3n) is 6.72. The minimum atomic E-state index is -0.0420. The molecule has 1 atom stereocenters. The van der Waals surface area contributed by atoms with Crippen molar-refractivity contribution in [3.63, 3.8) is 0 Å². The van der Waals surface area contributed by atoms with Gasteiger partial charge < -0.3 is 20.0 Å². The molecule has 204 valence electrons. The Balaban J connectivity index is 1.24. The van der Waals surface area contributed by atoms with Crippen molar-refractivity contribution >= 4 is 47.2 Å². The summed E-state index contributed by atoms with van der Waals surface area (Å²) in [5.74, 6) is 1.08. The number of rotatable bonds is 8. The molecule has 2 saturated heterocycles. The number of hydrogen-bond acceptors (Lipinski definition) is 7. The van der Waals surface area contributed by atoms with Crippen molar-refractivity contribution in [1.82, 2.24) is 30.0 Å². The van der Waals surface area contributed by atoms with Gasteiger partial charge in [0.05, 0.1) is 5.75 Å². The number of halogens is 1. The first-order valence-corrected chi connectivity index (χ1v) is 14.5. The summed E-state index contributed by atoms with van der Waals surface area (Å²) in [4.78, 5) is 42.4. The van der Waals surface area contributed by atoms with Crippen LogP contribution in [0, 0.1) is 0 Å². The van der Waals surface area contributed by atoms with Crippen molar-refractivity contribution in [2.24, 2.45) is 0 Å². The molecule has 0 spiro atoms. The van der Waals surface area contributed by atoms with Crippen molar-refractivity contribution in [3.8, 4) is 0 Å². The highest BCUT2D eigenvalue weighted by Gasteiger charge is 2.28. The van der Waals surface area contributed by atoms with Gasteiger partial charge in [-0.15, -0.1) is 0 Å². The van der Waals surface area contributed by atoms with Crippen molar-refractivity contribution in [3.05, 3.63) is 53.2 Å². The Kier molecular flexibility index (Phi) is 10.3. The van der Waals surface area contributed by atoms with Gasteiger partial charge in [0.2, 0.25) is 5.91 Å². The summed E-state index contributed by atoms with van der Waals surface area (Å²) >= 11 is 7.63. The number of thioether (sulfide) groups is 1. The molecule has 0 saturated carbocycles. The Hall–Kier alpha value is -2.82. The van der Waals surface area contributed by atoms with Crippen LogP contribution in [0.3, 0.4) is 0 Å². The number of carbonyl (C=O) groups is 2. The number of benzene rings is 1. The molecule has 0 unspecified atom stereocenters. The smallest absolute Gasteiger partial charge is 0.317 e. The van der Waals surface area contributed by atoms with Crippen molar-refractivity contribution in [2.75, 3.05) is 69.6 Å². The van der Waals surface area contributed by atoms with E-state index < -0.39 is 0 Å². The molecule has 38 heavy (non-hydrogen) atoms. The van der Waals surface area contributed by atoms with E-state index >= 15 is 0 Å². The monoisotopic (exact) mass is 557 g/mol. The van der Waals surface area contributed by atoms with Crippen LogP contribution in [0.15, 0.2) is 47.6 Å². The lowest BCUT2D eigenvalue weighted by molar-refractivity contribution is -0.130. The standard InChI is InChI=1S/C27H36ClN7O2S/c1-3-29-27(37)35-17-16-34(19-21(35)2)24-18-23(28)30-26(31-24)38-20-25(36)33-14-12-32(13-15-33)11-7-10-22-8-5-4-6-9-22/h4-10,18,21H,3,11-17,19-20H2,1-2H3,(H,29,37)/b10-7+/t21-/m0/s1. The SMILES string of the molecule is CCNC(=O)N1CCN(c2cc(Cl)nc(SCC(=O)N3CCN(C/C=C/c4ccccc4)CC3)n2)C[C@@H]1C. The van der Waals surface area contributed by atoms with Crippen LogP contribution in [0.4, 0.5) is 10.6 Å². The molecule has 1 aromatic heterocycles. The Labute approximate surface area is 234 Å². The molecule has 2 fully saturated rings. The van der Waals surface area contributed by atoms with E-state index in [0.717, 1.165) is 25.5 Å². The number of aromatic nitrogens is 2. The second-order valence-electron chi connectivity index (χ2n) is 9.44. The molecule has 4 rings (SSSR count). The molecule has 1 aromatic carbocycles. The molecule has 0 aliphatic carbocycles. The molecule has 0 bridgehead atoms. The maximum absolute atomic E-state index is 12.9. The van der Waals surface area contributed by atoms with Crippen LogP contribution in [0.5, 0.6) is 0 Å². The van der Waals surface area contributed by atoms with Crippen LogP contribution >= 0.6 is 23.4 Å². The normalized spacial score (nSPS) is 18.7. The molecule has 9 nitrogen and oxygen atoms in total. The van der Waals surface area contributed by atoms with Gasteiger partial charge in [0.15, 0.2) is 5.16 Å². The summed E-state index contributed by atoms with van der Waals surface area (Å²) in [6.07, 6.45) is 4.31. The van der Waals surface area contributed by atoms with Gasteiger partial charge in [-0.25, -0.2) is 14.8 Å². The molecule has 1 N–H and O–H groups in total. The summed E-state index contributed by atoms with van der Waals surface area (Å²) in [6.45, 7) is 10.5. The van der Waals surface area contributed by atoms with Crippen LogP contribution in [0.25, 0.3) is 6.08 Å². The lowest BCUT2D eigenvalue weighted by Gasteiger charge is -2.40. The number of anilines is 1. The summed E-state index contributed by atoms with van der Waals surface area (Å²) in [7, 11) is 0. The van der Waals surface area contributed by atoms with Crippen molar-refractivity contribution in [1.29, 1.82) is 0 Å². The second kappa shape index (κ2) is 13.8. The van der Waals surface area contributed by atoms with Gasteiger partial charge in [0, 0.05) is 71.0 Å². The summed E-state index contributed by atoms with van der Waals surface area (Å²) in [6, 6.07) is 12.0. The van der Waals surface area contributed by atoms with Crippen molar-refractivity contribution < 1.29 is 9.59 Å². The lowest BCUT2D eigenvalue weighted by Crippen LogP contribution is -2.56. The minimum Gasteiger partial charge on any atom is -0.353 e. The average molecular weight is 558 g/mol. The Morgan fingerprint density at radius 1 is 1.11 bits per heavy atom. The predicted molar refractivity (Wildman–Crippen MR) is 154 cm³/mol. The molecule has 3 heterocycles.